The largest absolute Gasteiger partial charge is 0.336 e. The highest BCUT2D eigenvalue weighted by Gasteiger charge is 2.26. The van der Waals surface area contributed by atoms with Gasteiger partial charge >= 0.3 is 6.03 Å². The highest BCUT2D eigenvalue weighted by Crippen LogP contribution is 2.35. The van der Waals surface area contributed by atoms with Crippen LogP contribution in [0.5, 0.6) is 0 Å². The van der Waals surface area contributed by atoms with Crippen molar-refractivity contribution in [1.29, 1.82) is 0 Å². The number of nitrogens with one attached hydrogen (secondary N) is 2. The van der Waals surface area contributed by atoms with E-state index in [0.717, 1.165) is 42.1 Å². The van der Waals surface area contributed by atoms with E-state index in [1.807, 2.05) is 19.9 Å². The molecule has 2 N–H and O–H groups in total. The molecule has 2 aliphatic heterocycles. The van der Waals surface area contributed by atoms with Crippen LogP contribution < -0.4 is 10.6 Å². The molecule has 1 aromatic carbocycles. The van der Waals surface area contributed by atoms with Gasteiger partial charge in [0.05, 0.1) is 11.3 Å². The standard InChI is InChI=1S/C22H25ClN4O2/c1-14-11-15(2)27(22(29)24-7-10-26-8-3-4-9-26)20(14)13-18-17-12-16(23)5-6-19(17)25-21(18)28/h5-6,11-13H,3-4,7-10H2,1-2H3,(H,24,29)(H,25,28)/b18-13-. The topological polar surface area (TPSA) is 66.4 Å². The Morgan fingerprint density at radius 1 is 1.24 bits per heavy atom. The molecule has 2 aromatic rings. The number of hydrogen-bond acceptors (Lipinski definition) is 3. The second-order valence-electron chi connectivity index (χ2n) is 7.67. The summed E-state index contributed by atoms with van der Waals surface area (Å²) >= 11 is 6.13. The summed E-state index contributed by atoms with van der Waals surface area (Å²) in [5.41, 5.74) is 4.47. The second kappa shape index (κ2) is 8.05. The van der Waals surface area contributed by atoms with E-state index >= 15 is 0 Å². The molecule has 3 heterocycles. The lowest BCUT2D eigenvalue weighted by Crippen LogP contribution is -2.36. The third kappa shape index (κ3) is 3.95. The SMILES string of the molecule is Cc1cc(C)n(C(=O)NCCN2CCCC2)c1/C=C1\C(=O)Nc2ccc(Cl)cc21. The maximum Gasteiger partial charge on any atom is 0.326 e. The first-order valence-electron chi connectivity index (χ1n) is 9.96. The molecule has 29 heavy (non-hydrogen) atoms. The van der Waals surface area contributed by atoms with Gasteiger partial charge in [-0.2, -0.15) is 0 Å². The summed E-state index contributed by atoms with van der Waals surface area (Å²) in [5, 5.41) is 6.43. The lowest BCUT2D eigenvalue weighted by molar-refractivity contribution is -0.110. The number of hydrogen-bond donors (Lipinski definition) is 2. The van der Waals surface area contributed by atoms with Crippen molar-refractivity contribution in [3.8, 4) is 0 Å². The molecule has 2 aliphatic rings. The molecule has 1 aromatic heterocycles. The Balaban J connectivity index is 1.60. The van der Waals surface area contributed by atoms with Gasteiger partial charge in [-0.1, -0.05) is 11.6 Å². The van der Waals surface area contributed by atoms with Crippen LogP contribution in [0.4, 0.5) is 10.5 Å². The Morgan fingerprint density at radius 3 is 2.76 bits per heavy atom. The molecule has 0 atom stereocenters. The maximum absolute atomic E-state index is 12.9. The van der Waals surface area contributed by atoms with E-state index < -0.39 is 0 Å². The molecule has 1 saturated heterocycles. The summed E-state index contributed by atoms with van der Waals surface area (Å²) in [6.07, 6.45) is 4.24. The van der Waals surface area contributed by atoms with Crippen molar-refractivity contribution >= 4 is 40.9 Å². The highest BCUT2D eigenvalue weighted by atomic mass is 35.5. The minimum absolute atomic E-state index is 0.175. The van der Waals surface area contributed by atoms with E-state index in [1.54, 1.807) is 28.8 Å². The van der Waals surface area contributed by atoms with Crippen LogP contribution in [0.3, 0.4) is 0 Å². The van der Waals surface area contributed by atoms with Crippen LogP contribution in [0.25, 0.3) is 11.6 Å². The molecule has 0 radical (unpaired) electrons. The number of carbonyl (C=O) groups excluding carboxylic acids is 2. The zero-order valence-corrected chi connectivity index (χ0v) is 17.5. The number of aromatic nitrogens is 1. The van der Waals surface area contributed by atoms with Gasteiger partial charge in [0.15, 0.2) is 0 Å². The number of aryl methyl sites for hydroxylation is 2. The van der Waals surface area contributed by atoms with E-state index in [2.05, 4.69) is 15.5 Å². The molecule has 7 heteroatoms. The average Bonchev–Trinajstić information content (AvgIpc) is 3.35. The van der Waals surface area contributed by atoms with Gasteiger partial charge < -0.3 is 15.5 Å². The molecule has 1 fully saturated rings. The molecule has 0 unspecified atom stereocenters. The predicted octanol–water partition coefficient (Wildman–Crippen LogP) is 3.90. The van der Waals surface area contributed by atoms with E-state index in [4.69, 9.17) is 11.6 Å². The zero-order chi connectivity index (χ0) is 20.5. The predicted molar refractivity (Wildman–Crippen MR) is 116 cm³/mol. The number of likely N-dealkylation sites (tertiary alicyclic amines) is 1. The highest BCUT2D eigenvalue weighted by molar-refractivity contribution is 6.36. The zero-order valence-electron chi connectivity index (χ0n) is 16.7. The van der Waals surface area contributed by atoms with Gasteiger partial charge in [-0.25, -0.2) is 4.79 Å². The monoisotopic (exact) mass is 412 g/mol. The van der Waals surface area contributed by atoms with E-state index in [0.29, 0.717) is 22.8 Å². The normalized spacial score (nSPS) is 17.6. The van der Waals surface area contributed by atoms with Gasteiger partial charge in [0.1, 0.15) is 0 Å². The van der Waals surface area contributed by atoms with Crippen molar-refractivity contribution in [1.82, 2.24) is 14.8 Å². The number of carbonyl (C=O) groups is 2. The van der Waals surface area contributed by atoms with Crippen LogP contribution >= 0.6 is 11.6 Å². The summed E-state index contributed by atoms with van der Waals surface area (Å²) in [6, 6.07) is 7.09. The minimum atomic E-state index is -0.193. The van der Waals surface area contributed by atoms with Gasteiger partial charge in [-0.05, 0) is 75.7 Å². The fourth-order valence-corrected chi connectivity index (χ4v) is 4.28. The molecule has 152 valence electrons. The molecular weight excluding hydrogens is 388 g/mol. The lowest BCUT2D eigenvalue weighted by Gasteiger charge is -2.16. The Labute approximate surface area is 175 Å². The fraction of sp³-hybridized carbons (Fsp3) is 0.364. The molecular formula is C22H25ClN4O2. The second-order valence-corrected chi connectivity index (χ2v) is 8.11. The molecule has 6 nitrogen and oxygen atoms in total. The van der Waals surface area contributed by atoms with Crippen molar-refractivity contribution in [2.24, 2.45) is 0 Å². The number of halogens is 1. The molecule has 0 saturated carbocycles. The Hall–Kier alpha value is -2.57. The quantitative estimate of drug-likeness (QED) is 0.748. The van der Waals surface area contributed by atoms with Crippen molar-refractivity contribution in [3.05, 3.63) is 51.8 Å². The maximum atomic E-state index is 12.9. The third-order valence-corrected chi connectivity index (χ3v) is 5.81. The van der Waals surface area contributed by atoms with Crippen LogP contribution in [0.1, 0.15) is 35.4 Å². The molecule has 0 aliphatic carbocycles. The number of amides is 2. The van der Waals surface area contributed by atoms with Gasteiger partial charge in [-0.15, -0.1) is 0 Å². The van der Waals surface area contributed by atoms with Crippen LogP contribution in [0.15, 0.2) is 24.3 Å². The summed E-state index contributed by atoms with van der Waals surface area (Å²) in [4.78, 5) is 27.8. The molecule has 0 bridgehead atoms. The molecule has 0 spiro atoms. The summed E-state index contributed by atoms with van der Waals surface area (Å²) in [6.45, 7) is 7.51. The Bertz CT molecular complexity index is 1000. The average molecular weight is 413 g/mol. The van der Waals surface area contributed by atoms with E-state index in [1.165, 1.54) is 12.8 Å². The number of anilines is 1. The van der Waals surface area contributed by atoms with Crippen molar-refractivity contribution < 1.29 is 9.59 Å². The van der Waals surface area contributed by atoms with Crippen LogP contribution in [0, 0.1) is 13.8 Å². The molecule has 4 rings (SSSR count). The first-order valence-corrected chi connectivity index (χ1v) is 10.3. The smallest absolute Gasteiger partial charge is 0.326 e. The minimum Gasteiger partial charge on any atom is -0.336 e. The fourth-order valence-electron chi connectivity index (χ4n) is 4.11. The third-order valence-electron chi connectivity index (χ3n) is 5.57. The van der Waals surface area contributed by atoms with Gasteiger partial charge in [0, 0.05) is 35.1 Å². The van der Waals surface area contributed by atoms with Crippen molar-refractivity contribution in [3.63, 3.8) is 0 Å². The number of fused-ring (bicyclic) bond motifs is 1. The number of rotatable bonds is 4. The van der Waals surface area contributed by atoms with E-state index in [-0.39, 0.29) is 11.9 Å². The van der Waals surface area contributed by atoms with Crippen LogP contribution in [-0.2, 0) is 4.79 Å². The Kier molecular flexibility index (Phi) is 5.48. The number of nitrogens with zero attached hydrogens (tertiary/aromatic N) is 2. The first kappa shape index (κ1) is 19.7. The summed E-state index contributed by atoms with van der Waals surface area (Å²) < 4.78 is 1.64. The van der Waals surface area contributed by atoms with Crippen molar-refractivity contribution in [2.45, 2.75) is 26.7 Å². The van der Waals surface area contributed by atoms with Gasteiger partial charge in [-0.3, -0.25) is 9.36 Å². The summed E-state index contributed by atoms with van der Waals surface area (Å²) in [7, 11) is 0. The van der Waals surface area contributed by atoms with Gasteiger partial charge in [0.2, 0.25) is 0 Å². The number of benzene rings is 1. The summed E-state index contributed by atoms with van der Waals surface area (Å²) in [5.74, 6) is -0.193. The lowest BCUT2D eigenvalue weighted by atomic mass is 10.1. The first-order chi connectivity index (χ1) is 13.9. The van der Waals surface area contributed by atoms with Gasteiger partial charge in [0.25, 0.3) is 5.91 Å². The molecule has 2 amide bonds. The Morgan fingerprint density at radius 2 is 2.00 bits per heavy atom. The van der Waals surface area contributed by atoms with Crippen molar-refractivity contribution in [2.75, 3.05) is 31.5 Å². The van der Waals surface area contributed by atoms with E-state index in [9.17, 15) is 9.59 Å². The van der Waals surface area contributed by atoms with Crippen LogP contribution in [-0.4, -0.2) is 47.6 Å². The van der Waals surface area contributed by atoms with Crippen LogP contribution in [0.2, 0.25) is 5.02 Å².